The molecule has 0 aromatic heterocycles. The molecule has 4 rings (SSSR count). The molecule has 2 aliphatic rings. The number of piperidine rings is 1. The topological polar surface area (TPSA) is 72.9 Å². The molecule has 2 aromatic carbocycles. The van der Waals surface area contributed by atoms with Crippen LogP contribution in [0, 0.1) is 0 Å². The van der Waals surface area contributed by atoms with Gasteiger partial charge in [-0.15, -0.1) is 0 Å². The van der Waals surface area contributed by atoms with E-state index in [4.69, 9.17) is 9.47 Å². The minimum absolute atomic E-state index is 0.0405. The van der Waals surface area contributed by atoms with E-state index in [1.54, 1.807) is 4.90 Å². The van der Waals surface area contributed by atoms with Crippen LogP contribution >= 0.6 is 0 Å². The van der Waals surface area contributed by atoms with Crippen molar-refractivity contribution < 1.29 is 22.7 Å². The average molecular weight is 456 g/mol. The molecular formula is C25H29NO5S. The molecule has 32 heavy (non-hydrogen) atoms. The van der Waals surface area contributed by atoms with Gasteiger partial charge in [-0.25, -0.2) is 13.2 Å². The van der Waals surface area contributed by atoms with Crippen LogP contribution in [0.5, 0.6) is 5.75 Å². The van der Waals surface area contributed by atoms with Crippen molar-refractivity contribution in [3.63, 3.8) is 0 Å². The van der Waals surface area contributed by atoms with Crippen molar-refractivity contribution in [2.75, 3.05) is 13.1 Å². The first-order valence-corrected chi connectivity index (χ1v) is 12.2. The third-order valence-corrected chi connectivity index (χ3v) is 6.36. The van der Waals surface area contributed by atoms with E-state index in [1.165, 1.54) is 0 Å². The van der Waals surface area contributed by atoms with Gasteiger partial charge < -0.3 is 14.4 Å². The van der Waals surface area contributed by atoms with Crippen LogP contribution in [0.15, 0.2) is 54.6 Å². The molecule has 0 unspecified atom stereocenters. The van der Waals surface area contributed by atoms with Crippen molar-refractivity contribution in [1.29, 1.82) is 0 Å². The summed E-state index contributed by atoms with van der Waals surface area (Å²) >= 11 is 0. The van der Waals surface area contributed by atoms with Gasteiger partial charge in [0.15, 0.2) is 0 Å². The minimum atomic E-state index is -2.45. The van der Waals surface area contributed by atoms with Crippen LogP contribution in [-0.2, 0) is 21.2 Å². The van der Waals surface area contributed by atoms with Crippen LogP contribution in [0.3, 0.4) is 0 Å². The number of carbonyl (C=O) groups excluding carboxylic acids is 1. The first-order chi connectivity index (χ1) is 15.1. The fourth-order valence-electron chi connectivity index (χ4n) is 4.19. The van der Waals surface area contributed by atoms with Gasteiger partial charge in [-0.3, -0.25) is 0 Å². The Hall–Kier alpha value is -2.80. The van der Waals surface area contributed by atoms with Crippen molar-refractivity contribution in [3.8, 4) is 5.75 Å². The van der Waals surface area contributed by atoms with Gasteiger partial charge >= 0.3 is 6.09 Å². The highest BCUT2D eigenvalue weighted by Gasteiger charge is 2.40. The Morgan fingerprint density at radius 2 is 1.72 bits per heavy atom. The molecule has 0 N–H and O–H groups in total. The zero-order chi connectivity index (χ0) is 22.9. The largest absolute Gasteiger partial charge is 0.482 e. The third-order valence-electron chi connectivity index (χ3n) is 5.74. The molecule has 6 nitrogen and oxygen atoms in total. The predicted molar refractivity (Wildman–Crippen MR) is 124 cm³/mol. The molecule has 1 fully saturated rings. The van der Waals surface area contributed by atoms with Crippen LogP contribution in [0.2, 0.25) is 0 Å². The molecule has 1 spiro atoms. The lowest BCUT2D eigenvalue weighted by Gasteiger charge is -2.43. The van der Waals surface area contributed by atoms with Crippen molar-refractivity contribution >= 4 is 22.4 Å². The summed E-state index contributed by atoms with van der Waals surface area (Å²) in [7, 11) is -2.45. The molecule has 2 aromatic rings. The summed E-state index contributed by atoms with van der Waals surface area (Å²) in [5, 5.41) is 0. The second kappa shape index (κ2) is 8.62. The number of rotatable bonds is 3. The number of likely N-dealkylation sites (tertiary alicyclic amines) is 1. The quantitative estimate of drug-likeness (QED) is 0.695. The number of thiol groups is 1. The van der Waals surface area contributed by atoms with Gasteiger partial charge in [-0.2, -0.15) is 0 Å². The van der Waals surface area contributed by atoms with Gasteiger partial charge in [0.2, 0.25) is 0 Å². The Bertz CT molecular complexity index is 1100. The van der Waals surface area contributed by atoms with Crippen LogP contribution in [0.25, 0.3) is 5.57 Å². The molecular weight excluding hydrogens is 426 g/mol. The maximum absolute atomic E-state index is 12.5. The Labute approximate surface area is 190 Å². The summed E-state index contributed by atoms with van der Waals surface area (Å²) in [6.07, 6.45) is 3.21. The van der Waals surface area contributed by atoms with E-state index in [9.17, 15) is 13.2 Å². The summed E-state index contributed by atoms with van der Waals surface area (Å²) in [6.45, 7) is 6.71. The zero-order valence-electron chi connectivity index (χ0n) is 18.7. The molecule has 7 heteroatoms. The Balaban J connectivity index is 1.60. The van der Waals surface area contributed by atoms with Crippen molar-refractivity contribution in [3.05, 3.63) is 71.3 Å². The molecule has 0 atom stereocenters. The van der Waals surface area contributed by atoms with E-state index < -0.39 is 21.9 Å². The number of benzene rings is 2. The van der Waals surface area contributed by atoms with Crippen LogP contribution < -0.4 is 4.74 Å². The molecule has 1 saturated heterocycles. The van der Waals surface area contributed by atoms with Gasteiger partial charge in [-0.1, -0.05) is 42.5 Å². The van der Waals surface area contributed by atoms with Crippen molar-refractivity contribution in [1.82, 2.24) is 4.90 Å². The monoisotopic (exact) mass is 455 g/mol. The smallest absolute Gasteiger partial charge is 0.410 e. The van der Waals surface area contributed by atoms with Gasteiger partial charge in [0.1, 0.15) is 27.7 Å². The zero-order valence-corrected chi connectivity index (χ0v) is 19.6. The number of amides is 1. The van der Waals surface area contributed by atoms with Crippen molar-refractivity contribution in [2.45, 2.75) is 50.6 Å². The van der Waals surface area contributed by atoms with E-state index in [0.29, 0.717) is 25.9 Å². The number of nitrogens with zero attached hydrogens (tertiary/aromatic N) is 1. The van der Waals surface area contributed by atoms with E-state index in [2.05, 4.69) is 6.08 Å². The number of fused-ring (bicyclic) bond motifs is 1. The summed E-state index contributed by atoms with van der Waals surface area (Å²) in [5.74, 6) is 0.862. The van der Waals surface area contributed by atoms with E-state index in [1.807, 2.05) is 69.3 Å². The molecule has 2 heterocycles. The fourth-order valence-corrected chi connectivity index (χ4v) is 4.69. The first kappa shape index (κ1) is 22.4. The highest BCUT2D eigenvalue weighted by atomic mass is 32.2. The minimum Gasteiger partial charge on any atom is -0.482 e. The molecule has 170 valence electrons. The summed E-state index contributed by atoms with van der Waals surface area (Å²) in [5.41, 5.74) is 2.83. The highest BCUT2D eigenvalue weighted by molar-refractivity contribution is 7.71. The second-order valence-electron chi connectivity index (χ2n) is 9.38. The lowest BCUT2D eigenvalue weighted by atomic mass is 9.83. The first-order valence-electron chi connectivity index (χ1n) is 10.8. The maximum atomic E-state index is 12.5. The number of hydrogen-bond acceptors (Lipinski definition) is 5. The molecule has 0 saturated carbocycles. The molecule has 0 radical (unpaired) electrons. The SMILES string of the molecule is CC(C)(C)OC(=O)N1CCC2(C=C(c3ccc(C[SH](=O)=O)cc3)c3ccccc3O2)CC1. The standard InChI is InChI=1S/C25H29NO5S/c1-24(2,3)31-23(27)26-14-12-25(13-15-26)16-21(20-6-4-5-7-22(20)30-25)19-10-8-18(9-11-19)17-32(28)29/h4-11,16,32H,12-15,17H2,1-3H3. The number of para-hydroxylation sites is 1. The van der Waals surface area contributed by atoms with Gasteiger partial charge in [0.05, 0.1) is 5.75 Å². The van der Waals surface area contributed by atoms with Gasteiger partial charge in [-0.05, 0) is 49.6 Å². The van der Waals surface area contributed by atoms with Gasteiger partial charge in [0, 0.05) is 31.5 Å². The molecule has 2 aliphatic heterocycles. The summed E-state index contributed by atoms with van der Waals surface area (Å²) < 4.78 is 34.1. The Morgan fingerprint density at radius 3 is 2.34 bits per heavy atom. The van der Waals surface area contributed by atoms with E-state index in [-0.39, 0.29) is 11.8 Å². The number of carbonyl (C=O) groups is 1. The van der Waals surface area contributed by atoms with Crippen molar-refractivity contribution in [2.24, 2.45) is 0 Å². The van der Waals surface area contributed by atoms with E-state index >= 15 is 0 Å². The Kier molecular flexibility index (Phi) is 6.03. The highest BCUT2D eigenvalue weighted by Crippen LogP contribution is 2.43. The summed E-state index contributed by atoms with van der Waals surface area (Å²) in [6, 6.07) is 15.6. The van der Waals surface area contributed by atoms with Crippen LogP contribution in [0.4, 0.5) is 4.79 Å². The third kappa shape index (κ3) is 4.99. The van der Waals surface area contributed by atoms with Crippen LogP contribution in [-0.4, -0.2) is 43.7 Å². The average Bonchev–Trinajstić information content (AvgIpc) is 2.72. The maximum Gasteiger partial charge on any atom is 0.410 e. The fraction of sp³-hybridized carbons (Fsp3) is 0.400. The lowest BCUT2D eigenvalue weighted by Crippen LogP contribution is -2.50. The molecule has 0 bridgehead atoms. The lowest BCUT2D eigenvalue weighted by molar-refractivity contribution is -0.00116. The molecule has 0 aliphatic carbocycles. The molecule has 1 amide bonds. The van der Waals surface area contributed by atoms with E-state index in [0.717, 1.165) is 28.0 Å². The Morgan fingerprint density at radius 1 is 1.06 bits per heavy atom. The van der Waals surface area contributed by atoms with Gasteiger partial charge in [0.25, 0.3) is 0 Å². The second-order valence-corrected chi connectivity index (χ2v) is 10.4. The summed E-state index contributed by atoms with van der Waals surface area (Å²) in [4.78, 5) is 14.2. The normalized spacial score (nSPS) is 17.5. The number of ether oxygens (including phenoxy) is 2. The predicted octanol–water partition coefficient (Wildman–Crippen LogP) is 4.39. The number of hydrogen-bond donors (Lipinski definition) is 1. The van der Waals surface area contributed by atoms with Crippen LogP contribution in [0.1, 0.15) is 50.3 Å².